The Hall–Kier alpha value is -0.970. The Morgan fingerprint density at radius 2 is 2.21 bits per heavy atom. The molecule has 0 saturated heterocycles. The second-order valence-corrected chi connectivity index (χ2v) is 3.72. The lowest BCUT2D eigenvalue weighted by atomic mass is 9.97. The Kier molecular flexibility index (Phi) is 4.00. The van der Waals surface area contributed by atoms with Crippen molar-refractivity contribution in [2.45, 2.75) is 12.3 Å². The molecule has 1 unspecified atom stereocenters. The van der Waals surface area contributed by atoms with Crippen LogP contribution in [0.4, 0.5) is 0 Å². The summed E-state index contributed by atoms with van der Waals surface area (Å²) in [6.45, 7) is 3.60. The highest BCUT2D eigenvalue weighted by atomic mass is 35.5. The lowest BCUT2D eigenvalue weighted by Gasteiger charge is -2.08. The number of halogens is 2. The van der Waals surface area contributed by atoms with Crippen LogP contribution in [0.3, 0.4) is 0 Å². The summed E-state index contributed by atoms with van der Waals surface area (Å²) < 4.78 is 0. The molecule has 0 N–H and O–H groups in total. The topological polar surface area (TPSA) is 23.8 Å². The van der Waals surface area contributed by atoms with Crippen molar-refractivity contribution in [3.05, 3.63) is 46.5 Å². The molecule has 0 fully saturated rings. The first-order chi connectivity index (χ1) is 6.69. The number of rotatable bonds is 3. The van der Waals surface area contributed by atoms with Crippen LogP contribution in [0.1, 0.15) is 17.9 Å². The van der Waals surface area contributed by atoms with Gasteiger partial charge in [0.15, 0.2) is 0 Å². The van der Waals surface area contributed by atoms with Crippen molar-refractivity contribution in [2.75, 3.05) is 0 Å². The van der Waals surface area contributed by atoms with E-state index in [1.54, 1.807) is 24.3 Å². The Bertz CT molecular complexity index is 379. The first kappa shape index (κ1) is 11.1. The number of nitriles is 1. The van der Waals surface area contributed by atoms with Gasteiger partial charge in [0.2, 0.25) is 0 Å². The lowest BCUT2D eigenvalue weighted by molar-refractivity contribution is 0.879. The summed E-state index contributed by atoms with van der Waals surface area (Å²) in [4.78, 5) is 0. The molecule has 14 heavy (non-hydrogen) atoms. The molecule has 1 aromatic rings. The summed E-state index contributed by atoms with van der Waals surface area (Å²) in [5, 5.41) is 10.0. The van der Waals surface area contributed by atoms with E-state index in [9.17, 15) is 0 Å². The molecule has 72 valence electrons. The van der Waals surface area contributed by atoms with E-state index in [2.05, 4.69) is 12.6 Å². The summed E-state index contributed by atoms with van der Waals surface area (Å²) >= 11 is 11.7. The third kappa shape index (κ3) is 2.51. The highest BCUT2D eigenvalue weighted by Gasteiger charge is 2.12. The Morgan fingerprint density at radius 3 is 2.71 bits per heavy atom. The molecule has 1 atom stereocenters. The quantitative estimate of drug-likeness (QED) is 0.709. The van der Waals surface area contributed by atoms with Crippen LogP contribution in [-0.2, 0) is 0 Å². The van der Waals surface area contributed by atoms with E-state index in [0.29, 0.717) is 16.5 Å². The van der Waals surface area contributed by atoms with Gasteiger partial charge >= 0.3 is 0 Å². The average molecular weight is 226 g/mol. The van der Waals surface area contributed by atoms with Crippen molar-refractivity contribution in [1.29, 1.82) is 5.26 Å². The molecule has 0 spiro atoms. The molecule has 0 bridgehead atoms. The van der Waals surface area contributed by atoms with Crippen LogP contribution in [0.25, 0.3) is 0 Å². The lowest BCUT2D eigenvalue weighted by Crippen LogP contribution is -1.94. The first-order valence-electron chi connectivity index (χ1n) is 4.14. The van der Waals surface area contributed by atoms with Gasteiger partial charge in [-0.3, -0.25) is 0 Å². The van der Waals surface area contributed by atoms with Gasteiger partial charge in [0, 0.05) is 10.0 Å². The summed E-state index contributed by atoms with van der Waals surface area (Å²) in [6.07, 6.45) is 2.30. The van der Waals surface area contributed by atoms with Gasteiger partial charge < -0.3 is 0 Å². The maximum absolute atomic E-state index is 8.91. The Balaban J connectivity index is 3.05. The molecule has 3 heteroatoms. The van der Waals surface area contributed by atoms with Crippen LogP contribution in [0.5, 0.6) is 0 Å². The molecule has 0 aliphatic rings. The number of nitrogens with zero attached hydrogens (tertiary/aromatic N) is 1. The molecular formula is C11H9Cl2N. The SMILES string of the molecule is C=CCC(C#N)c1ccc(Cl)cc1Cl. The van der Waals surface area contributed by atoms with Crippen LogP contribution in [-0.4, -0.2) is 0 Å². The third-order valence-corrected chi connectivity index (χ3v) is 2.46. The van der Waals surface area contributed by atoms with Gasteiger partial charge in [-0.1, -0.05) is 35.3 Å². The fourth-order valence-corrected chi connectivity index (χ4v) is 1.74. The van der Waals surface area contributed by atoms with E-state index in [4.69, 9.17) is 28.5 Å². The number of hydrogen-bond acceptors (Lipinski definition) is 1. The Morgan fingerprint density at radius 1 is 1.50 bits per heavy atom. The fourth-order valence-electron chi connectivity index (χ4n) is 1.20. The molecule has 0 heterocycles. The molecule has 0 aliphatic heterocycles. The van der Waals surface area contributed by atoms with Crippen LogP contribution in [0, 0.1) is 11.3 Å². The van der Waals surface area contributed by atoms with E-state index in [-0.39, 0.29) is 5.92 Å². The number of allylic oxidation sites excluding steroid dienone is 1. The predicted molar refractivity (Wildman–Crippen MR) is 59.6 cm³/mol. The first-order valence-corrected chi connectivity index (χ1v) is 4.90. The molecule has 0 radical (unpaired) electrons. The van der Waals surface area contributed by atoms with E-state index in [1.807, 2.05) is 0 Å². The van der Waals surface area contributed by atoms with Crippen molar-refractivity contribution in [3.63, 3.8) is 0 Å². The third-order valence-electron chi connectivity index (χ3n) is 1.90. The average Bonchev–Trinajstić information content (AvgIpc) is 2.15. The van der Waals surface area contributed by atoms with Gasteiger partial charge in [-0.15, -0.1) is 6.58 Å². The smallest absolute Gasteiger partial charge is 0.0761 e. The molecule has 0 aromatic heterocycles. The summed E-state index contributed by atoms with van der Waals surface area (Å²) in [6, 6.07) is 7.34. The minimum atomic E-state index is -0.239. The largest absolute Gasteiger partial charge is 0.198 e. The van der Waals surface area contributed by atoms with Gasteiger partial charge in [0.25, 0.3) is 0 Å². The van der Waals surface area contributed by atoms with E-state index in [0.717, 1.165) is 5.56 Å². The van der Waals surface area contributed by atoms with Crippen LogP contribution >= 0.6 is 23.2 Å². The monoisotopic (exact) mass is 225 g/mol. The summed E-state index contributed by atoms with van der Waals surface area (Å²) in [7, 11) is 0. The normalized spacial score (nSPS) is 11.8. The highest BCUT2D eigenvalue weighted by molar-refractivity contribution is 6.35. The fraction of sp³-hybridized carbons (Fsp3) is 0.182. The molecule has 0 aliphatic carbocycles. The zero-order valence-electron chi connectivity index (χ0n) is 7.50. The van der Waals surface area contributed by atoms with Crippen LogP contribution < -0.4 is 0 Å². The van der Waals surface area contributed by atoms with Gasteiger partial charge in [-0.2, -0.15) is 5.26 Å². The minimum absolute atomic E-state index is 0.239. The summed E-state index contributed by atoms with van der Waals surface area (Å²) in [5.41, 5.74) is 0.804. The van der Waals surface area contributed by atoms with Gasteiger partial charge in [-0.25, -0.2) is 0 Å². The molecule has 0 saturated carbocycles. The van der Waals surface area contributed by atoms with Crippen molar-refractivity contribution in [1.82, 2.24) is 0 Å². The number of hydrogen-bond donors (Lipinski definition) is 0. The maximum Gasteiger partial charge on any atom is 0.0761 e. The van der Waals surface area contributed by atoms with E-state index < -0.39 is 0 Å². The van der Waals surface area contributed by atoms with Crippen molar-refractivity contribution >= 4 is 23.2 Å². The van der Waals surface area contributed by atoms with Crippen LogP contribution in [0.15, 0.2) is 30.9 Å². The molecular weight excluding hydrogens is 217 g/mol. The predicted octanol–water partition coefficient (Wildman–Crippen LogP) is 4.18. The number of benzene rings is 1. The Labute approximate surface area is 93.6 Å². The van der Waals surface area contributed by atoms with Crippen LogP contribution in [0.2, 0.25) is 10.0 Å². The molecule has 1 rings (SSSR count). The minimum Gasteiger partial charge on any atom is -0.198 e. The molecule has 1 aromatic carbocycles. The highest BCUT2D eigenvalue weighted by Crippen LogP contribution is 2.29. The zero-order chi connectivity index (χ0) is 10.6. The summed E-state index contributed by atoms with van der Waals surface area (Å²) in [5.74, 6) is -0.239. The molecule has 1 nitrogen and oxygen atoms in total. The van der Waals surface area contributed by atoms with Crippen molar-refractivity contribution in [2.24, 2.45) is 0 Å². The van der Waals surface area contributed by atoms with Gasteiger partial charge in [0.05, 0.1) is 12.0 Å². The second kappa shape index (κ2) is 5.05. The standard InChI is InChI=1S/C11H9Cl2N/c1-2-3-8(7-14)10-5-4-9(12)6-11(10)13/h2,4-6,8H,1,3H2. The molecule has 0 amide bonds. The van der Waals surface area contributed by atoms with Crippen molar-refractivity contribution in [3.8, 4) is 6.07 Å². The zero-order valence-corrected chi connectivity index (χ0v) is 9.02. The maximum atomic E-state index is 8.91. The van der Waals surface area contributed by atoms with Gasteiger partial charge in [0.1, 0.15) is 0 Å². The van der Waals surface area contributed by atoms with Crippen molar-refractivity contribution < 1.29 is 0 Å². The second-order valence-electron chi connectivity index (χ2n) is 2.87. The van der Waals surface area contributed by atoms with E-state index >= 15 is 0 Å². The van der Waals surface area contributed by atoms with Gasteiger partial charge in [-0.05, 0) is 24.1 Å². The van der Waals surface area contributed by atoms with E-state index in [1.165, 1.54) is 0 Å².